The molecule has 3 rings (SSSR count). The molecule has 0 radical (unpaired) electrons. The molecule has 0 saturated heterocycles. The summed E-state index contributed by atoms with van der Waals surface area (Å²) < 4.78 is 13.6. The normalized spacial score (nSPS) is 22.6. The number of thioether (sulfide) groups is 1. The SMILES string of the molecule is CC1=NN=C2SC(c3ccccc3F)=N[C@@H]12. The second kappa shape index (κ2) is 3.52. The minimum absolute atomic E-state index is 0.0837. The van der Waals surface area contributed by atoms with Gasteiger partial charge in [-0.3, -0.25) is 4.99 Å². The Balaban J connectivity index is 2.00. The van der Waals surface area contributed by atoms with Crippen LogP contribution in [0.4, 0.5) is 4.39 Å². The quantitative estimate of drug-likeness (QED) is 0.734. The topological polar surface area (TPSA) is 37.1 Å². The minimum atomic E-state index is -0.246. The molecule has 1 aromatic carbocycles. The third-order valence-electron chi connectivity index (χ3n) is 2.49. The summed E-state index contributed by atoms with van der Waals surface area (Å²) >= 11 is 1.40. The molecule has 1 aromatic rings. The summed E-state index contributed by atoms with van der Waals surface area (Å²) in [6, 6.07) is 6.56. The molecule has 0 amide bonds. The molecule has 5 heteroatoms. The second-order valence-electron chi connectivity index (χ2n) is 3.60. The fourth-order valence-electron chi connectivity index (χ4n) is 1.64. The largest absolute Gasteiger partial charge is 0.261 e. The van der Waals surface area contributed by atoms with E-state index < -0.39 is 0 Å². The van der Waals surface area contributed by atoms with Crippen LogP contribution in [-0.2, 0) is 0 Å². The van der Waals surface area contributed by atoms with E-state index in [-0.39, 0.29) is 11.9 Å². The van der Waals surface area contributed by atoms with E-state index in [9.17, 15) is 4.39 Å². The van der Waals surface area contributed by atoms with Gasteiger partial charge in [-0.15, -0.1) is 5.10 Å². The minimum Gasteiger partial charge on any atom is -0.261 e. The zero-order valence-corrected chi connectivity index (χ0v) is 9.33. The number of nitrogens with zero attached hydrogens (tertiary/aromatic N) is 3. The van der Waals surface area contributed by atoms with Crippen LogP contribution in [0.2, 0.25) is 0 Å². The molecular formula is C11H8FN3S. The Morgan fingerprint density at radius 3 is 2.81 bits per heavy atom. The average Bonchev–Trinajstić information content (AvgIpc) is 2.82. The van der Waals surface area contributed by atoms with Crippen molar-refractivity contribution in [1.82, 2.24) is 0 Å². The number of aliphatic imine (C=N–C) groups is 1. The summed E-state index contributed by atoms with van der Waals surface area (Å²) in [4.78, 5) is 4.44. The molecule has 0 aliphatic carbocycles. The van der Waals surface area contributed by atoms with Crippen molar-refractivity contribution in [3.05, 3.63) is 35.6 Å². The molecule has 2 aliphatic heterocycles. The van der Waals surface area contributed by atoms with Crippen LogP contribution in [-0.4, -0.2) is 21.8 Å². The predicted octanol–water partition coefficient (Wildman–Crippen LogP) is 2.48. The van der Waals surface area contributed by atoms with Crippen molar-refractivity contribution in [1.29, 1.82) is 0 Å². The van der Waals surface area contributed by atoms with Crippen molar-refractivity contribution in [2.75, 3.05) is 0 Å². The lowest BCUT2D eigenvalue weighted by molar-refractivity contribution is 0.625. The maximum Gasteiger partial charge on any atom is 0.141 e. The standard InChI is InChI=1S/C11H8FN3S/c1-6-9-11(15-14-6)16-10(13-9)7-4-2-3-5-8(7)12/h2-5,9H,1H3/t9-/m0/s1. The predicted molar refractivity (Wildman–Crippen MR) is 64.9 cm³/mol. The van der Waals surface area contributed by atoms with E-state index in [1.165, 1.54) is 17.8 Å². The lowest BCUT2D eigenvalue weighted by Gasteiger charge is -2.00. The highest BCUT2D eigenvalue weighted by Crippen LogP contribution is 2.30. The lowest BCUT2D eigenvalue weighted by atomic mass is 10.2. The maximum atomic E-state index is 13.6. The highest BCUT2D eigenvalue weighted by atomic mass is 32.2. The zero-order valence-electron chi connectivity index (χ0n) is 8.51. The van der Waals surface area contributed by atoms with Crippen LogP contribution in [0.15, 0.2) is 39.5 Å². The van der Waals surface area contributed by atoms with Crippen molar-refractivity contribution >= 4 is 27.6 Å². The summed E-state index contributed by atoms with van der Waals surface area (Å²) in [6.45, 7) is 1.88. The van der Waals surface area contributed by atoms with E-state index in [1.54, 1.807) is 18.2 Å². The number of hydrogen-bond acceptors (Lipinski definition) is 4. The third-order valence-corrected chi connectivity index (χ3v) is 3.52. The van der Waals surface area contributed by atoms with Crippen LogP contribution in [0.5, 0.6) is 0 Å². The van der Waals surface area contributed by atoms with E-state index in [4.69, 9.17) is 0 Å². The summed E-state index contributed by atoms with van der Waals surface area (Å²) in [6.07, 6.45) is 0. The Labute approximate surface area is 96.2 Å². The molecular weight excluding hydrogens is 225 g/mol. The Morgan fingerprint density at radius 1 is 1.25 bits per heavy atom. The molecule has 0 saturated carbocycles. The Bertz CT molecular complexity index is 548. The molecule has 0 fully saturated rings. The van der Waals surface area contributed by atoms with E-state index in [1.807, 2.05) is 6.92 Å². The fraction of sp³-hybridized carbons (Fsp3) is 0.182. The molecule has 3 nitrogen and oxygen atoms in total. The summed E-state index contributed by atoms with van der Waals surface area (Å²) in [7, 11) is 0. The van der Waals surface area contributed by atoms with Crippen molar-refractivity contribution in [3.63, 3.8) is 0 Å². The van der Waals surface area contributed by atoms with Crippen molar-refractivity contribution < 1.29 is 4.39 Å². The Morgan fingerprint density at radius 2 is 2.06 bits per heavy atom. The summed E-state index contributed by atoms with van der Waals surface area (Å²) in [5.74, 6) is -0.246. The summed E-state index contributed by atoms with van der Waals surface area (Å²) in [5, 5.41) is 9.50. The van der Waals surface area contributed by atoms with E-state index >= 15 is 0 Å². The number of benzene rings is 1. The van der Waals surface area contributed by atoms with Crippen LogP contribution in [0, 0.1) is 5.82 Å². The van der Waals surface area contributed by atoms with Gasteiger partial charge >= 0.3 is 0 Å². The summed E-state index contributed by atoms with van der Waals surface area (Å²) in [5.41, 5.74) is 1.41. The Kier molecular flexibility index (Phi) is 2.14. The van der Waals surface area contributed by atoms with Gasteiger partial charge in [0.05, 0.1) is 5.71 Å². The van der Waals surface area contributed by atoms with Crippen LogP contribution in [0.3, 0.4) is 0 Å². The lowest BCUT2D eigenvalue weighted by Crippen LogP contribution is -2.15. The molecule has 0 bridgehead atoms. The highest BCUT2D eigenvalue weighted by molar-refractivity contribution is 8.27. The van der Waals surface area contributed by atoms with Crippen LogP contribution >= 0.6 is 11.8 Å². The van der Waals surface area contributed by atoms with Crippen LogP contribution < -0.4 is 0 Å². The zero-order chi connectivity index (χ0) is 11.1. The molecule has 0 spiro atoms. The van der Waals surface area contributed by atoms with E-state index in [2.05, 4.69) is 15.2 Å². The number of rotatable bonds is 1. The van der Waals surface area contributed by atoms with Crippen LogP contribution in [0.25, 0.3) is 0 Å². The van der Waals surface area contributed by atoms with Gasteiger partial charge in [0.15, 0.2) is 0 Å². The van der Waals surface area contributed by atoms with Gasteiger partial charge in [0.25, 0.3) is 0 Å². The van der Waals surface area contributed by atoms with Crippen molar-refractivity contribution in [2.24, 2.45) is 15.2 Å². The molecule has 80 valence electrons. The second-order valence-corrected chi connectivity index (χ2v) is 4.61. The molecule has 1 atom stereocenters. The smallest absolute Gasteiger partial charge is 0.141 e. The van der Waals surface area contributed by atoms with Crippen molar-refractivity contribution in [2.45, 2.75) is 13.0 Å². The van der Waals surface area contributed by atoms with Gasteiger partial charge in [-0.25, -0.2) is 4.39 Å². The number of hydrogen-bond donors (Lipinski definition) is 0. The highest BCUT2D eigenvalue weighted by Gasteiger charge is 2.33. The molecule has 0 aromatic heterocycles. The number of halogens is 1. The first-order valence-electron chi connectivity index (χ1n) is 4.88. The van der Waals surface area contributed by atoms with Gasteiger partial charge in [0.2, 0.25) is 0 Å². The molecule has 16 heavy (non-hydrogen) atoms. The van der Waals surface area contributed by atoms with Gasteiger partial charge in [0, 0.05) is 5.56 Å². The van der Waals surface area contributed by atoms with Gasteiger partial charge < -0.3 is 0 Å². The first kappa shape index (κ1) is 9.72. The molecule has 2 aliphatic rings. The molecule has 0 unspecified atom stereocenters. The fourth-order valence-corrected chi connectivity index (χ4v) is 2.69. The van der Waals surface area contributed by atoms with Crippen LogP contribution in [0.1, 0.15) is 12.5 Å². The van der Waals surface area contributed by atoms with Crippen molar-refractivity contribution in [3.8, 4) is 0 Å². The molecule has 0 N–H and O–H groups in total. The van der Waals surface area contributed by atoms with Gasteiger partial charge in [-0.1, -0.05) is 12.1 Å². The van der Waals surface area contributed by atoms with E-state index in [0.717, 1.165) is 10.8 Å². The first-order valence-corrected chi connectivity index (χ1v) is 5.70. The van der Waals surface area contributed by atoms with Gasteiger partial charge in [0.1, 0.15) is 21.9 Å². The number of fused-ring (bicyclic) bond motifs is 1. The average molecular weight is 233 g/mol. The third kappa shape index (κ3) is 1.39. The van der Waals surface area contributed by atoms with Gasteiger partial charge in [-0.05, 0) is 30.8 Å². The Hall–Kier alpha value is -1.49. The first-order chi connectivity index (χ1) is 7.75. The van der Waals surface area contributed by atoms with E-state index in [0.29, 0.717) is 10.6 Å². The maximum absolute atomic E-state index is 13.6. The molecule has 2 heterocycles. The van der Waals surface area contributed by atoms with Gasteiger partial charge in [-0.2, -0.15) is 5.10 Å². The monoisotopic (exact) mass is 233 g/mol.